The number of ether oxygens (including phenoxy) is 2. The minimum Gasteiger partial charge on any atom is -0.496 e. The van der Waals surface area contributed by atoms with Crippen molar-refractivity contribution >= 4 is 11.5 Å². The maximum atomic E-state index is 11.9. The van der Waals surface area contributed by atoms with Crippen LogP contribution in [0.4, 0.5) is 5.69 Å². The molecule has 1 fully saturated rings. The first-order chi connectivity index (χ1) is 9.13. The van der Waals surface area contributed by atoms with Crippen LogP contribution in [0.3, 0.4) is 0 Å². The molecular formula is C15H21NO3. The average molecular weight is 263 g/mol. The van der Waals surface area contributed by atoms with Crippen LogP contribution in [0.1, 0.15) is 30.6 Å². The number of benzene rings is 1. The molecule has 1 atom stereocenters. The van der Waals surface area contributed by atoms with Crippen molar-refractivity contribution in [2.24, 2.45) is 0 Å². The minimum absolute atomic E-state index is 0.0327. The number of carbonyl (C=O) groups excluding carboxylic acids is 1. The monoisotopic (exact) mass is 263 g/mol. The van der Waals surface area contributed by atoms with Crippen LogP contribution in [0.15, 0.2) is 18.2 Å². The van der Waals surface area contributed by atoms with Crippen LogP contribution < -0.4 is 9.64 Å². The van der Waals surface area contributed by atoms with Crippen LogP contribution in [-0.4, -0.2) is 38.7 Å². The summed E-state index contributed by atoms with van der Waals surface area (Å²) in [5.41, 5.74) is 1.61. The molecule has 1 aliphatic heterocycles. The number of hydrogen-bond donors (Lipinski definition) is 0. The molecule has 104 valence electrons. The maximum Gasteiger partial charge on any atom is 0.165 e. The summed E-state index contributed by atoms with van der Waals surface area (Å²) < 4.78 is 11.0. The van der Waals surface area contributed by atoms with Gasteiger partial charge in [0.2, 0.25) is 0 Å². The van der Waals surface area contributed by atoms with Gasteiger partial charge in [0.1, 0.15) is 5.75 Å². The molecule has 1 aromatic rings. The molecule has 0 aliphatic carbocycles. The van der Waals surface area contributed by atoms with Crippen molar-refractivity contribution in [3.63, 3.8) is 0 Å². The molecule has 0 spiro atoms. The van der Waals surface area contributed by atoms with E-state index in [0.29, 0.717) is 11.3 Å². The summed E-state index contributed by atoms with van der Waals surface area (Å²) in [6, 6.07) is 5.74. The number of ketones is 1. The Morgan fingerprint density at radius 1 is 1.47 bits per heavy atom. The van der Waals surface area contributed by atoms with Gasteiger partial charge in [0.05, 0.1) is 24.5 Å². The molecular weight excluding hydrogens is 242 g/mol. The molecule has 0 amide bonds. The van der Waals surface area contributed by atoms with Gasteiger partial charge < -0.3 is 14.4 Å². The van der Waals surface area contributed by atoms with Gasteiger partial charge in [0.15, 0.2) is 5.78 Å². The van der Waals surface area contributed by atoms with Gasteiger partial charge in [0, 0.05) is 19.7 Å². The van der Waals surface area contributed by atoms with Crippen molar-refractivity contribution < 1.29 is 14.3 Å². The molecule has 0 aromatic heterocycles. The van der Waals surface area contributed by atoms with Crippen LogP contribution in [-0.2, 0) is 4.74 Å². The molecule has 1 saturated heterocycles. The lowest BCUT2D eigenvalue weighted by Gasteiger charge is -2.27. The molecule has 2 rings (SSSR count). The van der Waals surface area contributed by atoms with Crippen LogP contribution in [0.2, 0.25) is 0 Å². The number of methoxy groups -OCH3 is 1. The zero-order chi connectivity index (χ0) is 13.8. The Morgan fingerprint density at radius 3 is 2.95 bits per heavy atom. The summed E-state index contributed by atoms with van der Waals surface area (Å²) in [5, 5.41) is 0. The predicted octanol–water partition coefficient (Wildman–Crippen LogP) is 2.51. The van der Waals surface area contributed by atoms with E-state index in [1.807, 2.05) is 18.2 Å². The molecule has 1 heterocycles. The normalized spacial score (nSPS) is 19.9. The number of carbonyl (C=O) groups is 1. The Bertz CT molecular complexity index is 459. The zero-order valence-electron chi connectivity index (χ0n) is 11.8. The van der Waals surface area contributed by atoms with Crippen molar-refractivity contribution in [2.45, 2.75) is 26.4 Å². The van der Waals surface area contributed by atoms with Gasteiger partial charge in [-0.05, 0) is 32.4 Å². The van der Waals surface area contributed by atoms with Crippen molar-refractivity contribution in [2.75, 3.05) is 31.7 Å². The van der Waals surface area contributed by atoms with Gasteiger partial charge in [-0.3, -0.25) is 4.79 Å². The van der Waals surface area contributed by atoms with E-state index < -0.39 is 0 Å². The number of rotatable bonds is 3. The van der Waals surface area contributed by atoms with E-state index in [-0.39, 0.29) is 11.9 Å². The largest absolute Gasteiger partial charge is 0.496 e. The van der Waals surface area contributed by atoms with Crippen LogP contribution in [0, 0.1) is 0 Å². The summed E-state index contributed by atoms with van der Waals surface area (Å²) in [5.74, 6) is 0.674. The Balaban J connectivity index is 2.40. The number of Topliss-reactive ketones (excluding diaryl/α,β-unsaturated/α-hetero) is 1. The lowest BCUT2D eigenvalue weighted by atomic mass is 10.1. The van der Waals surface area contributed by atoms with Gasteiger partial charge >= 0.3 is 0 Å². The molecule has 0 bridgehead atoms. The lowest BCUT2D eigenvalue weighted by Crippen LogP contribution is -2.31. The SMILES string of the molecule is COc1cccc(N2CCCOC(C)C2)c1C(C)=O. The summed E-state index contributed by atoms with van der Waals surface area (Å²) in [7, 11) is 1.60. The van der Waals surface area contributed by atoms with Gasteiger partial charge in [-0.1, -0.05) is 6.07 Å². The second-order valence-corrected chi connectivity index (χ2v) is 4.89. The van der Waals surface area contributed by atoms with Gasteiger partial charge in [-0.2, -0.15) is 0 Å². The predicted molar refractivity (Wildman–Crippen MR) is 75.2 cm³/mol. The fraction of sp³-hybridized carbons (Fsp3) is 0.533. The fourth-order valence-electron chi connectivity index (χ4n) is 2.52. The summed E-state index contributed by atoms with van der Waals surface area (Å²) in [6.07, 6.45) is 1.15. The Hall–Kier alpha value is -1.55. The highest BCUT2D eigenvalue weighted by molar-refractivity contribution is 6.02. The van der Waals surface area contributed by atoms with Crippen molar-refractivity contribution in [3.05, 3.63) is 23.8 Å². The third-order valence-corrected chi connectivity index (χ3v) is 3.37. The van der Waals surface area contributed by atoms with Gasteiger partial charge in [-0.15, -0.1) is 0 Å². The smallest absolute Gasteiger partial charge is 0.165 e. The Kier molecular flexibility index (Phi) is 4.43. The van der Waals surface area contributed by atoms with Crippen molar-refractivity contribution in [1.29, 1.82) is 0 Å². The first-order valence-electron chi connectivity index (χ1n) is 6.68. The number of hydrogen-bond acceptors (Lipinski definition) is 4. The lowest BCUT2D eigenvalue weighted by molar-refractivity contribution is 0.0820. The van der Waals surface area contributed by atoms with E-state index in [0.717, 1.165) is 31.8 Å². The first kappa shape index (κ1) is 13.9. The molecule has 0 N–H and O–H groups in total. The van der Waals surface area contributed by atoms with E-state index in [1.165, 1.54) is 0 Å². The van der Waals surface area contributed by atoms with Crippen molar-refractivity contribution in [3.8, 4) is 5.75 Å². The molecule has 4 nitrogen and oxygen atoms in total. The molecule has 1 unspecified atom stereocenters. The fourth-order valence-corrected chi connectivity index (χ4v) is 2.52. The third-order valence-electron chi connectivity index (χ3n) is 3.37. The van der Waals surface area contributed by atoms with Crippen molar-refractivity contribution in [1.82, 2.24) is 0 Å². The molecule has 4 heteroatoms. The van der Waals surface area contributed by atoms with E-state index in [9.17, 15) is 4.79 Å². The standard InChI is InChI=1S/C15H21NO3/c1-11-10-16(8-5-9-19-11)13-6-4-7-14(18-3)15(13)12(2)17/h4,6-7,11H,5,8-10H2,1-3H3. The maximum absolute atomic E-state index is 11.9. The quantitative estimate of drug-likeness (QED) is 0.785. The number of nitrogens with zero attached hydrogens (tertiary/aromatic N) is 1. The summed E-state index contributed by atoms with van der Waals surface area (Å²) in [6.45, 7) is 6.12. The second-order valence-electron chi connectivity index (χ2n) is 4.89. The van der Waals surface area contributed by atoms with Crippen LogP contribution >= 0.6 is 0 Å². The highest BCUT2D eigenvalue weighted by Gasteiger charge is 2.21. The van der Waals surface area contributed by atoms with E-state index in [2.05, 4.69) is 11.8 Å². The highest BCUT2D eigenvalue weighted by atomic mass is 16.5. The summed E-state index contributed by atoms with van der Waals surface area (Å²) >= 11 is 0. The molecule has 19 heavy (non-hydrogen) atoms. The first-order valence-corrected chi connectivity index (χ1v) is 6.68. The Labute approximate surface area is 114 Å². The van der Waals surface area contributed by atoms with Gasteiger partial charge in [0.25, 0.3) is 0 Å². The van der Waals surface area contributed by atoms with Gasteiger partial charge in [-0.25, -0.2) is 0 Å². The molecule has 0 radical (unpaired) electrons. The summed E-state index contributed by atoms with van der Waals surface area (Å²) in [4.78, 5) is 14.1. The molecule has 0 saturated carbocycles. The second kappa shape index (κ2) is 6.06. The highest BCUT2D eigenvalue weighted by Crippen LogP contribution is 2.30. The minimum atomic E-state index is 0.0327. The average Bonchev–Trinajstić information content (AvgIpc) is 2.62. The Morgan fingerprint density at radius 2 is 2.26 bits per heavy atom. The zero-order valence-corrected chi connectivity index (χ0v) is 11.8. The van der Waals surface area contributed by atoms with E-state index in [4.69, 9.17) is 9.47 Å². The van der Waals surface area contributed by atoms with E-state index >= 15 is 0 Å². The molecule has 1 aromatic carbocycles. The molecule has 1 aliphatic rings. The van der Waals surface area contributed by atoms with Crippen LogP contribution in [0.25, 0.3) is 0 Å². The van der Waals surface area contributed by atoms with E-state index in [1.54, 1.807) is 14.0 Å². The number of anilines is 1. The third kappa shape index (κ3) is 3.07. The van der Waals surface area contributed by atoms with Crippen LogP contribution in [0.5, 0.6) is 5.75 Å². The topological polar surface area (TPSA) is 38.8 Å².